The zero-order valence-corrected chi connectivity index (χ0v) is 13.0. The molecule has 0 N–H and O–H groups in total. The number of hydrogen-bond acceptors (Lipinski definition) is 1. The van der Waals surface area contributed by atoms with E-state index in [1.807, 2.05) is 6.07 Å². The van der Waals surface area contributed by atoms with Crippen LogP contribution in [0.1, 0.15) is 38.8 Å². The van der Waals surface area contributed by atoms with Crippen molar-refractivity contribution in [2.24, 2.45) is 11.3 Å². The number of hydrogen-bond donors (Lipinski definition) is 0. The summed E-state index contributed by atoms with van der Waals surface area (Å²) >= 11 is 6.72. The Labute approximate surface area is 126 Å². The van der Waals surface area contributed by atoms with Gasteiger partial charge in [0.1, 0.15) is 0 Å². The highest BCUT2D eigenvalue weighted by Crippen LogP contribution is 2.46. The van der Waals surface area contributed by atoms with Crippen molar-refractivity contribution >= 4 is 22.5 Å². The summed E-state index contributed by atoms with van der Waals surface area (Å²) in [5, 5.41) is 1.39. The van der Waals surface area contributed by atoms with Gasteiger partial charge in [0.15, 0.2) is 0 Å². The maximum absolute atomic E-state index is 6.72. The lowest BCUT2D eigenvalue weighted by molar-refractivity contribution is 0.250. The molecule has 20 heavy (non-hydrogen) atoms. The van der Waals surface area contributed by atoms with Crippen molar-refractivity contribution in [1.82, 2.24) is 4.98 Å². The Balaban J connectivity index is 1.79. The molecule has 1 fully saturated rings. The molecule has 0 amide bonds. The van der Waals surface area contributed by atoms with E-state index in [4.69, 9.17) is 16.6 Å². The first kappa shape index (κ1) is 13.9. The summed E-state index contributed by atoms with van der Waals surface area (Å²) < 4.78 is 0. The molecule has 1 aromatic carbocycles. The molecule has 3 rings (SSSR count). The minimum Gasteiger partial charge on any atom is -0.253 e. The molecule has 0 aliphatic heterocycles. The van der Waals surface area contributed by atoms with Gasteiger partial charge in [0.2, 0.25) is 0 Å². The van der Waals surface area contributed by atoms with Crippen LogP contribution in [0.2, 0.25) is 0 Å². The summed E-state index contributed by atoms with van der Waals surface area (Å²) in [5.41, 5.74) is 2.56. The lowest BCUT2D eigenvalue weighted by Crippen LogP contribution is -2.27. The fraction of sp³-hybridized carbons (Fsp3) is 0.500. The predicted molar refractivity (Wildman–Crippen MR) is 86.2 cm³/mol. The maximum atomic E-state index is 6.72. The number of para-hydroxylation sites is 1. The molecule has 2 heteroatoms. The van der Waals surface area contributed by atoms with Gasteiger partial charge in [0, 0.05) is 22.9 Å². The van der Waals surface area contributed by atoms with E-state index in [0.29, 0.717) is 11.3 Å². The minimum absolute atomic E-state index is 0.196. The smallest absolute Gasteiger partial charge is 0.0705 e. The van der Waals surface area contributed by atoms with Gasteiger partial charge in [-0.2, -0.15) is 0 Å². The number of alkyl halides is 1. The van der Waals surface area contributed by atoms with Gasteiger partial charge in [-0.25, -0.2) is 0 Å². The molecule has 0 radical (unpaired) electrons. The van der Waals surface area contributed by atoms with Crippen molar-refractivity contribution < 1.29 is 0 Å². The van der Waals surface area contributed by atoms with Crippen LogP contribution in [0.5, 0.6) is 0 Å². The molecule has 1 saturated carbocycles. The fourth-order valence-corrected chi connectivity index (χ4v) is 4.21. The standard InChI is InChI=1S/C18H22ClN/c1-18(2)11-5-7-15(18)16(19)12-14-10-9-13-6-3-4-8-17(13)20-14/h3-4,6,8-10,15-16H,5,7,11-12H2,1-2H3. The molecule has 2 aromatic rings. The van der Waals surface area contributed by atoms with Crippen LogP contribution >= 0.6 is 11.6 Å². The second-order valence-corrected chi connectivity index (χ2v) is 7.26. The van der Waals surface area contributed by atoms with Crippen LogP contribution in [0.15, 0.2) is 36.4 Å². The van der Waals surface area contributed by atoms with Gasteiger partial charge in [-0.1, -0.05) is 44.5 Å². The summed E-state index contributed by atoms with van der Waals surface area (Å²) in [6.07, 6.45) is 4.74. The lowest BCUT2D eigenvalue weighted by Gasteiger charge is -2.30. The summed E-state index contributed by atoms with van der Waals surface area (Å²) in [6, 6.07) is 12.5. The van der Waals surface area contributed by atoms with E-state index in [1.165, 1.54) is 24.6 Å². The monoisotopic (exact) mass is 287 g/mol. The van der Waals surface area contributed by atoms with E-state index in [-0.39, 0.29) is 5.38 Å². The van der Waals surface area contributed by atoms with Crippen LogP contribution in [0.25, 0.3) is 10.9 Å². The molecule has 1 nitrogen and oxygen atoms in total. The summed E-state index contributed by atoms with van der Waals surface area (Å²) in [4.78, 5) is 4.75. The van der Waals surface area contributed by atoms with Crippen molar-refractivity contribution in [3.05, 3.63) is 42.1 Å². The van der Waals surface area contributed by atoms with Gasteiger partial charge in [-0.3, -0.25) is 4.98 Å². The van der Waals surface area contributed by atoms with Crippen molar-refractivity contribution in [1.29, 1.82) is 0 Å². The van der Waals surface area contributed by atoms with Crippen LogP contribution in [0.4, 0.5) is 0 Å². The Hall–Kier alpha value is -1.08. The van der Waals surface area contributed by atoms with Crippen LogP contribution < -0.4 is 0 Å². The quantitative estimate of drug-likeness (QED) is 0.706. The molecule has 1 heterocycles. The Morgan fingerprint density at radius 1 is 1.25 bits per heavy atom. The summed E-state index contributed by atoms with van der Waals surface area (Å²) in [7, 11) is 0. The van der Waals surface area contributed by atoms with Gasteiger partial charge in [0.05, 0.1) is 5.52 Å². The predicted octanol–water partition coefficient (Wildman–Crippen LogP) is 5.21. The molecule has 2 atom stereocenters. The van der Waals surface area contributed by atoms with Gasteiger partial charge < -0.3 is 0 Å². The lowest BCUT2D eigenvalue weighted by atomic mass is 9.79. The topological polar surface area (TPSA) is 12.9 Å². The normalized spacial score (nSPS) is 23.1. The molecular weight excluding hydrogens is 266 g/mol. The Bertz CT molecular complexity index is 605. The zero-order chi connectivity index (χ0) is 14.2. The second kappa shape index (κ2) is 5.37. The van der Waals surface area contributed by atoms with Gasteiger partial charge in [-0.15, -0.1) is 11.6 Å². The molecule has 0 spiro atoms. The molecule has 1 aliphatic carbocycles. The van der Waals surface area contributed by atoms with Gasteiger partial charge in [-0.05, 0) is 36.3 Å². The van der Waals surface area contributed by atoms with Gasteiger partial charge in [0.25, 0.3) is 0 Å². The Kier molecular flexibility index (Phi) is 3.72. The molecular formula is C18H22ClN. The Morgan fingerprint density at radius 3 is 2.80 bits per heavy atom. The molecule has 0 saturated heterocycles. The van der Waals surface area contributed by atoms with E-state index in [9.17, 15) is 0 Å². The third-order valence-electron chi connectivity index (χ3n) is 4.84. The Morgan fingerprint density at radius 2 is 2.05 bits per heavy atom. The first-order valence-electron chi connectivity index (χ1n) is 7.55. The van der Waals surface area contributed by atoms with Crippen LogP contribution in [-0.4, -0.2) is 10.4 Å². The third kappa shape index (κ3) is 2.69. The van der Waals surface area contributed by atoms with E-state index in [0.717, 1.165) is 17.6 Å². The van der Waals surface area contributed by atoms with Crippen molar-refractivity contribution in [2.45, 2.75) is 44.9 Å². The number of benzene rings is 1. The van der Waals surface area contributed by atoms with E-state index in [1.54, 1.807) is 0 Å². The van der Waals surface area contributed by atoms with Crippen LogP contribution in [-0.2, 0) is 6.42 Å². The highest BCUT2D eigenvalue weighted by atomic mass is 35.5. The minimum atomic E-state index is 0.196. The first-order chi connectivity index (χ1) is 9.56. The number of nitrogens with zero attached hydrogens (tertiary/aromatic N) is 1. The second-order valence-electron chi connectivity index (χ2n) is 6.70. The van der Waals surface area contributed by atoms with E-state index < -0.39 is 0 Å². The number of pyridine rings is 1. The van der Waals surface area contributed by atoms with Crippen LogP contribution in [0.3, 0.4) is 0 Å². The number of fused-ring (bicyclic) bond motifs is 1. The fourth-order valence-electron chi connectivity index (χ4n) is 3.59. The maximum Gasteiger partial charge on any atom is 0.0705 e. The van der Waals surface area contributed by atoms with Crippen molar-refractivity contribution in [3.8, 4) is 0 Å². The molecule has 2 unspecified atom stereocenters. The molecule has 1 aliphatic rings. The SMILES string of the molecule is CC1(C)CCCC1C(Cl)Cc1ccc2ccccc2n1. The molecule has 1 aromatic heterocycles. The summed E-state index contributed by atoms with van der Waals surface area (Å²) in [6.45, 7) is 4.71. The largest absolute Gasteiger partial charge is 0.253 e. The number of halogens is 1. The highest BCUT2D eigenvalue weighted by Gasteiger charge is 2.38. The van der Waals surface area contributed by atoms with Gasteiger partial charge >= 0.3 is 0 Å². The summed E-state index contributed by atoms with van der Waals surface area (Å²) in [5.74, 6) is 0.609. The van der Waals surface area contributed by atoms with E-state index in [2.05, 4.69) is 44.2 Å². The molecule has 106 valence electrons. The van der Waals surface area contributed by atoms with Crippen molar-refractivity contribution in [2.75, 3.05) is 0 Å². The average Bonchev–Trinajstić information content (AvgIpc) is 2.78. The number of rotatable bonds is 3. The van der Waals surface area contributed by atoms with Crippen molar-refractivity contribution in [3.63, 3.8) is 0 Å². The first-order valence-corrected chi connectivity index (χ1v) is 7.99. The van der Waals surface area contributed by atoms with E-state index >= 15 is 0 Å². The third-order valence-corrected chi connectivity index (χ3v) is 5.30. The average molecular weight is 288 g/mol. The number of aromatic nitrogens is 1. The zero-order valence-electron chi connectivity index (χ0n) is 12.3. The highest BCUT2D eigenvalue weighted by molar-refractivity contribution is 6.21. The molecule has 0 bridgehead atoms. The van der Waals surface area contributed by atoms with Crippen LogP contribution in [0, 0.1) is 11.3 Å².